The number of nitrogens with zero attached hydrogens (tertiary/aromatic N) is 1. The Balaban J connectivity index is 0.000000211. The maximum Gasteiger partial charge on any atom is 0.472 e. The lowest BCUT2D eigenvalue weighted by Gasteiger charge is -2.18. The maximum absolute atomic E-state index is 12.4. The third-order valence-electron chi connectivity index (χ3n) is 5.30. The van der Waals surface area contributed by atoms with Gasteiger partial charge in [0.1, 0.15) is 0 Å². The quantitative estimate of drug-likeness (QED) is 0.405. The van der Waals surface area contributed by atoms with Crippen molar-refractivity contribution in [1.82, 2.24) is 4.72 Å². The highest BCUT2D eigenvalue weighted by Crippen LogP contribution is 2.34. The van der Waals surface area contributed by atoms with Crippen molar-refractivity contribution < 1.29 is 52.8 Å². The number of rotatable bonds is 3. The number of alkyl halides is 6. The number of hydrogen-bond donors (Lipinski definition) is 2. The van der Waals surface area contributed by atoms with Crippen LogP contribution in [0.4, 0.5) is 37.7 Å². The van der Waals surface area contributed by atoms with E-state index in [0.717, 1.165) is 28.6 Å². The van der Waals surface area contributed by atoms with E-state index in [1.54, 1.807) is 0 Å². The molecule has 2 aromatic rings. The Hall–Kier alpha value is -3.05. The summed E-state index contributed by atoms with van der Waals surface area (Å²) in [4.78, 5) is 21.8. The highest BCUT2D eigenvalue weighted by Gasteiger charge is 2.45. The molecule has 2 heterocycles. The van der Waals surface area contributed by atoms with Crippen molar-refractivity contribution in [3.8, 4) is 0 Å². The van der Waals surface area contributed by atoms with Crippen molar-refractivity contribution in [2.24, 2.45) is 0 Å². The first kappa shape index (κ1) is 29.5. The van der Waals surface area contributed by atoms with Crippen molar-refractivity contribution in [1.29, 1.82) is 0 Å². The van der Waals surface area contributed by atoms with Crippen LogP contribution < -0.4 is 14.9 Å². The number of hydrogen-bond acceptors (Lipinski definition) is 7. The minimum atomic E-state index is -5.24. The molecule has 0 fully saturated rings. The van der Waals surface area contributed by atoms with Crippen LogP contribution in [0.1, 0.15) is 11.1 Å². The predicted molar refractivity (Wildman–Crippen MR) is 122 cm³/mol. The fourth-order valence-corrected chi connectivity index (χ4v) is 5.40. The van der Waals surface area contributed by atoms with Gasteiger partial charge in [-0.05, 0) is 60.4 Å². The van der Waals surface area contributed by atoms with Crippen molar-refractivity contribution in [3.63, 3.8) is 0 Å². The lowest BCUT2D eigenvalue weighted by molar-refractivity contribution is -0.171. The molecule has 0 bridgehead atoms. The molecule has 2 aliphatic heterocycles. The first-order valence-electron chi connectivity index (χ1n) is 10.3. The third-order valence-corrected chi connectivity index (χ3v) is 7.98. The zero-order valence-electron chi connectivity index (χ0n) is 18.7. The van der Waals surface area contributed by atoms with Gasteiger partial charge in [0.25, 0.3) is 19.1 Å². The minimum absolute atomic E-state index is 0.0615. The Morgan fingerprint density at radius 2 is 1.47 bits per heavy atom. The van der Waals surface area contributed by atoms with Gasteiger partial charge in [0.15, 0.2) is 0 Å². The molecule has 2 aliphatic rings. The van der Waals surface area contributed by atoms with E-state index in [2.05, 4.69) is 5.32 Å². The van der Waals surface area contributed by atoms with E-state index in [-0.39, 0.29) is 28.4 Å². The second-order valence-electron chi connectivity index (χ2n) is 7.86. The minimum Gasteiger partial charge on any atom is -0.384 e. The fraction of sp³-hybridized carbons (Fsp3) is 0.300. The van der Waals surface area contributed by atoms with Gasteiger partial charge in [-0.3, -0.25) is 9.59 Å². The first-order chi connectivity index (χ1) is 17.3. The van der Waals surface area contributed by atoms with Gasteiger partial charge in [-0.2, -0.15) is 26.3 Å². The first-order valence-corrected chi connectivity index (χ1v) is 14.1. The van der Waals surface area contributed by atoms with E-state index in [4.69, 9.17) is 10.7 Å². The smallest absolute Gasteiger partial charge is 0.384 e. The molecule has 4 rings (SSSR count). The summed E-state index contributed by atoms with van der Waals surface area (Å²) in [6.45, 7) is 0.493. The highest BCUT2D eigenvalue weighted by atomic mass is 35.7. The summed E-state index contributed by atoms with van der Waals surface area (Å²) in [7, 11) is -3.31. The molecule has 2 N–H and O–H groups in total. The zero-order chi connectivity index (χ0) is 28.7. The standard InChI is InChI=1S/C10H7ClF3NO3S.C10H9F3N2O3S/c11-19(17,18)7-1-2-8-6(5-7)3-4-15(8)9(16)10(12,13)14;11-10(12,13)9(16)15-19(17,18)7-1-2-8-6(5-7)3-4-14-8/h1-2,5H,3-4H2;1-2,5,14H,3-4H2,(H,15,16). The molecule has 2 amide bonds. The number of carbonyl (C=O) groups excluding carboxylic acids is 2. The van der Waals surface area contributed by atoms with E-state index in [0.29, 0.717) is 29.0 Å². The summed E-state index contributed by atoms with van der Waals surface area (Å²) < 4.78 is 120. The van der Waals surface area contributed by atoms with E-state index in [9.17, 15) is 52.8 Å². The summed E-state index contributed by atoms with van der Waals surface area (Å²) in [6.07, 6.45) is -9.48. The predicted octanol–water partition coefficient (Wildman–Crippen LogP) is 3.09. The van der Waals surface area contributed by atoms with Crippen LogP contribution in [0, 0.1) is 0 Å². The number of nitrogens with one attached hydrogen (secondary N) is 2. The second-order valence-corrected chi connectivity index (χ2v) is 12.1. The number of anilines is 2. The molecule has 0 aromatic heterocycles. The Morgan fingerprint density at radius 1 is 0.868 bits per heavy atom. The molecule has 0 saturated heterocycles. The molecule has 0 spiro atoms. The Morgan fingerprint density at radius 3 is 2.05 bits per heavy atom. The number of halogens is 7. The van der Waals surface area contributed by atoms with E-state index in [1.807, 2.05) is 0 Å². The van der Waals surface area contributed by atoms with Crippen LogP contribution in [0.25, 0.3) is 0 Å². The summed E-state index contributed by atoms with van der Waals surface area (Å²) >= 11 is 0. The van der Waals surface area contributed by atoms with Crippen LogP contribution in [-0.4, -0.2) is 54.1 Å². The molecule has 0 radical (unpaired) electrons. The molecule has 208 valence electrons. The summed E-state index contributed by atoms with van der Waals surface area (Å²) in [6, 6.07) is 7.26. The van der Waals surface area contributed by atoms with Crippen molar-refractivity contribution >= 4 is 52.9 Å². The summed E-state index contributed by atoms with van der Waals surface area (Å²) in [5, 5.41) is 2.98. The van der Waals surface area contributed by atoms with Crippen LogP contribution in [0.15, 0.2) is 46.2 Å². The highest BCUT2D eigenvalue weighted by molar-refractivity contribution is 8.13. The molecule has 9 nitrogen and oxygen atoms in total. The van der Waals surface area contributed by atoms with Crippen molar-refractivity contribution in [3.05, 3.63) is 47.5 Å². The van der Waals surface area contributed by atoms with Crippen LogP contribution in [0.5, 0.6) is 0 Å². The molecule has 2 aromatic carbocycles. The van der Waals surface area contributed by atoms with Crippen LogP contribution in [0.2, 0.25) is 0 Å². The van der Waals surface area contributed by atoms with Crippen LogP contribution in [-0.2, 0) is 41.5 Å². The largest absolute Gasteiger partial charge is 0.472 e. The molecular weight excluding hydrogens is 592 g/mol. The maximum atomic E-state index is 12.4. The van der Waals surface area contributed by atoms with Crippen molar-refractivity contribution in [2.75, 3.05) is 23.3 Å². The number of carbonyl (C=O) groups is 2. The van der Waals surface area contributed by atoms with E-state index in [1.165, 1.54) is 18.2 Å². The number of benzene rings is 2. The normalized spacial score (nSPS) is 15.1. The van der Waals surface area contributed by atoms with E-state index >= 15 is 0 Å². The van der Waals surface area contributed by atoms with Gasteiger partial charge >= 0.3 is 24.2 Å². The molecule has 0 saturated carbocycles. The SMILES string of the molecule is O=C(N1CCc2cc(S(=O)(=O)Cl)ccc21)C(F)(F)F.O=C(NS(=O)(=O)c1ccc2c(c1)CCN2)C(F)(F)F. The number of amides is 2. The molecule has 0 aliphatic carbocycles. The van der Waals surface area contributed by atoms with E-state index < -0.39 is 43.2 Å². The van der Waals surface area contributed by atoms with Crippen LogP contribution in [0.3, 0.4) is 0 Å². The Labute approximate surface area is 216 Å². The molecule has 0 unspecified atom stereocenters. The Bertz CT molecular complexity index is 1490. The van der Waals surface area contributed by atoms with Gasteiger partial charge in [0.05, 0.1) is 9.79 Å². The van der Waals surface area contributed by atoms with Gasteiger partial charge in [0, 0.05) is 35.1 Å². The van der Waals surface area contributed by atoms with Crippen molar-refractivity contribution in [2.45, 2.75) is 35.0 Å². The lowest BCUT2D eigenvalue weighted by Crippen LogP contribution is -2.40. The average molecular weight is 608 g/mol. The monoisotopic (exact) mass is 607 g/mol. The molecule has 18 heteroatoms. The van der Waals surface area contributed by atoms with Gasteiger partial charge < -0.3 is 10.2 Å². The second kappa shape index (κ2) is 10.3. The lowest BCUT2D eigenvalue weighted by atomic mass is 10.2. The average Bonchev–Trinajstić information content (AvgIpc) is 3.42. The van der Waals surface area contributed by atoms with Gasteiger partial charge in [-0.25, -0.2) is 21.6 Å². The number of fused-ring (bicyclic) bond motifs is 2. The molecule has 0 atom stereocenters. The summed E-state index contributed by atoms with van der Waals surface area (Å²) in [5.41, 5.74) is 1.83. The van der Waals surface area contributed by atoms with Gasteiger partial charge in [-0.15, -0.1) is 0 Å². The van der Waals surface area contributed by atoms with Crippen LogP contribution >= 0.6 is 10.7 Å². The fourth-order valence-electron chi connectivity index (χ4n) is 3.58. The zero-order valence-corrected chi connectivity index (χ0v) is 21.0. The van der Waals surface area contributed by atoms with Gasteiger partial charge in [0.2, 0.25) is 0 Å². The third kappa shape index (κ3) is 6.68. The molecular formula is C20H16ClF6N3O6S2. The Kier molecular flexibility index (Phi) is 7.96. The summed E-state index contributed by atoms with van der Waals surface area (Å²) in [5.74, 6) is -4.47. The van der Waals surface area contributed by atoms with Gasteiger partial charge in [-0.1, -0.05) is 0 Å². The topological polar surface area (TPSA) is 130 Å². The molecule has 38 heavy (non-hydrogen) atoms. The number of sulfonamides is 1.